The zero-order chi connectivity index (χ0) is 17.0. The van der Waals surface area contributed by atoms with Crippen LogP contribution in [0.1, 0.15) is 51.2 Å². The molecule has 0 aromatic heterocycles. The molecule has 1 amide bonds. The largest absolute Gasteiger partial charge is 0.444 e. The van der Waals surface area contributed by atoms with E-state index in [4.69, 9.17) is 16.3 Å². The minimum absolute atomic E-state index is 0.116. The normalized spacial score (nSPS) is 21.3. The van der Waals surface area contributed by atoms with Crippen molar-refractivity contribution < 1.29 is 9.53 Å². The molecule has 1 aromatic rings. The van der Waals surface area contributed by atoms with Gasteiger partial charge in [-0.15, -0.1) is 0 Å². The highest BCUT2D eigenvalue weighted by Crippen LogP contribution is 2.21. The van der Waals surface area contributed by atoms with Crippen LogP contribution in [0.2, 0.25) is 5.02 Å². The number of alkyl carbamates (subject to hydrolysis) is 1. The van der Waals surface area contributed by atoms with Gasteiger partial charge in [0.2, 0.25) is 0 Å². The van der Waals surface area contributed by atoms with Crippen molar-refractivity contribution in [3.63, 3.8) is 0 Å². The van der Waals surface area contributed by atoms with Crippen molar-refractivity contribution in [3.8, 4) is 0 Å². The maximum atomic E-state index is 11.9. The molecule has 0 heterocycles. The highest BCUT2D eigenvalue weighted by Gasteiger charge is 2.29. The van der Waals surface area contributed by atoms with Gasteiger partial charge < -0.3 is 15.4 Å². The van der Waals surface area contributed by atoms with Crippen molar-refractivity contribution in [1.29, 1.82) is 0 Å². The van der Waals surface area contributed by atoms with Crippen LogP contribution in [0.3, 0.4) is 0 Å². The fraction of sp³-hybridized carbons (Fsp3) is 0.611. The summed E-state index contributed by atoms with van der Waals surface area (Å²) in [6.07, 6.45) is 2.80. The fourth-order valence-electron chi connectivity index (χ4n) is 2.83. The fourth-order valence-corrected chi connectivity index (χ4v) is 3.03. The zero-order valence-electron chi connectivity index (χ0n) is 14.4. The maximum Gasteiger partial charge on any atom is 0.407 e. The first-order chi connectivity index (χ1) is 10.7. The Morgan fingerprint density at radius 1 is 1.30 bits per heavy atom. The van der Waals surface area contributed by atoms with Gasteiger partial charge in [0.25, 0.3) is 0 Å². The van der Waals surface area contributed by atoms with Crippen LogP contribution in [0.15, 0.2) is 18.2 Å². The van der Waals surface area contributed by atoms with Gasteiger partial charge in [-0.25, -0.2) is 4.79 Å². The average molecular weight is 339 g/mol. The van der Waals surface area contributed by atoms with Gasteiger partial charge in [-0.2, -0.15) is 0 Å². The lowest BCUT2D eigenvalue weighted by Crippen LogP contribution is -2.47. The van der Waals surface area contributed by atoms with Gasteiger partial charge in [-0.05, 0) is 64.2 Å². The number of nitrogens with one attached hydrogen (secondary N) is 2. The minimum Gasteiger partial charge on any atom is -0.444 e. The number of carbonyl (C=O) groups is 1. The lowest BCUT2D eigenvalue weighted by Gasteiger charge is -2.25. The molecule has 4 nitrogen and oxygen atoms in total. The van der Waals surface area contributed by atoms with Crippen molar-refractivity contribution in [2.24, 2.45) is 0 Å². The molecular formula is C18H27ClN2O2. The third-order valence-corrected chi connectivity index (χ3v) is 4.43. The van der Waals surface area contributed by atoms with E-state index in [9.17, 15) is 4.79 Å². The summed E-state index contributed by atoms with van der Waals surface area (Å²) in [4.78, 5) is 11.9. The van der Waals surface area contributed by atoms with Crippen molar-refractivity contribution in [3.05, 3.63) is 34.3 Å². The third-order valence-electron chi connectivity index (χ3n) is 4.02. The summed E-state index contributed by atoms with van der Waals surface area (Å²) in [6.45, 7) is 8.36. The molecule has 2 rings (SSSR count). The predicted octanol–water partition coefficient (Wildman–Crippen LogP) is 4.18. The maximum absolute atomic E-state index is 11.9. The molecule has 1 aliphatic rings. The van der Waals surface area contributed by atoms with Crippen molar-refractivity contribution in [2.45, 2.75) is 71.2 Å². The molecule has 128 valence electrons. The summed E-state index contributed by atoms with van der Waals surface area (Å²) in [5.41, 5.74) is 1.77. The summed E-state index contributed by atoms with van der Waals surface area (Å²) in [7, 11) is 0. The SMILES string of the molecule is Cc1ccc(CNC2CCCC2NC(=O)OC(C)(C)C)cc1Cl. The highest BCUT2D eigenvalue weighted by atomic mass is 35.5. The lowest BCUT2D eigenvalue weighted by atomic mass is 10.1. The van der Waals surface area contributed by atoms with Gasteiger partial charge in [-0.3, -0.25) is 0 Å². The van der Waals surface area contributed by atoms with E-state index >= 15 is 0 Å². The van der Waals surface area contributed by atoms with Gasteiger partial charge in [0.15, 0.2) is 0 Å². The number of hydrogen-bond acceptors (Lipinski definition) is 3. The number of hydrogen-bond donors (Lipinski definition) is 2. The molecule has 1 aliphatic carbocycles. The summed E-state index contributed by atoms with van der Waals surface area (Å²) in [5, 5.41) is 7.32. The second-order valence-electron chi connectivity index (χ2n) is 7.25. The molecule has 0 saturated heterocycles. The van der Waals surface area contributed by atoms with E-state index in [2.05, 4.69) is 16.7 Å². The first kappa shape index (κ1) is 18.1. The van der Waals surface area contributed by atoms with E-state index < -0.39 is 5.60 Å². The molecule has 1 fully saturated rings. The molecule has 1 saturated carbocycles. The lowest BCUT2D eigenvalue weighted by molar-refractivity contribution is 0.0498. The molecule has 0 radical (unpaired) electrons. The van der Waals surface area contributed by atoms with E-state index in [0.717, 1.165) is 42.0 Å². The van der Waals surface area contributed by atoms with E-state index in [-0.39, 0.29) is 18.2 Å². The van der Waals surface area contributed by atoms with Crippen LogP contribution in [0.5, 0.6) is 0 Å². The van der Waals surface area contributed by atoms with Crippen LogP contribution in [0.25, 0.3) is 0 Å². The molecule has 2 atom stereocenters. The first-order valence-electron chi connectivity index (χ1n) is 8.22. The van der Waals surface area contributed by atoms with Crippen molar-refractivity contribution in [2.75, 3.05) is 0 Å². The topological polar surface area (TPSA) is 50.4 Å². The van der Waals surface area contributed by atoms with Crippen molar-refractivity contribution >= 4 is 17.7 Å². The first-order valence-corrected chi connectivity index (χ1v) is 8.60. The third kappa shape index (κ3) is 5.70. The number of benzene rings is 1. The number of carbonyl (C=O) groups excluding carboxylic acids is 1. The molecule has 5 heteroatoms. The Kier molecular flexibility index (Phi) is 5.93. The quantitative estimate of drug-likeness (QED) is 0.865. The van der Waals surface area contributed by atoms with Crippen LogP contribution < -0.4 is 10.6 Å². The van der Waals surface area contributed by atoms with E-state index in [1.54, 1.807) is 0 Å². The van der Waals surface area contributed by atoms with E-state index in [0.29, 0.717) is 0 Å². The number of rotatable bonds is 4. The second-order valence-corrected chi connectivity index (χ2v) is 7.66. The molecular weight excluding hydrogens is 312 g/mol. The molecule has 23 heavy (non-hydrogen) atoms. The minimum atomic E-state index is -0.468. The van der Waals surface area contributed by atoms with Crippen LogP contribution >= 0.6 is 11.6 Å². The predicted molar refractivity (Wildman–Crippen MR) is 93.8 cm³/mol. The Bertz CT molecular complexity index is 554. The van der Waals surface area contributed by atoms with Crippen LogP contribution in [-0.2, 0) is 11.3 Å². The number of ether oxygens (including phenoxy) is 1. The molecule has 1 aromatic carbocycles. The standard InChI is InChI=1S/C18H27ClN2O2/c1-12-8-9-13(10-14(12)19)11-20-15-6-5-7-16(15)21-17(22)23-18(2,3)4/h8-10,15-16,20H,5-7,11H2,1-4H3,(H,21,22). The van der Waals surface area contributed by atoms with E-state index in [1.807, 2.05) is 39.8 Å². The molecule has 2 unspecified atom stereocenters. The summed E-state index contributed by atoms with van der Waals surface area (Å²) >= 11 is 6.17. The molecule has 0 bridgehead atoms. The Labute approximate surface area is 143 Å². The monoisotopic (exact) mass is 338 g/mol. The van der Waals surface area contributed by atoms with Gasteiger partial charge in [0, 0.05) is 23.7 Å². The van der Waals surface area contributed by atoms with Crippen LogP contribution in [0.4, 0.5) is 4.79 Å². The van der Waals surface area contributed by atoms with Gasteiger partial charge in [-0.1, -0.05) is 23.7 Å². The van der Waals surface area contributed by atoms with Crippen molar-refractivity contribution in [1.82, 2.24) is 10.6 Å². The summed E-state index contributed by atoms with van der Waals surface area (Å²) in [5.74, 6) is 0. The molecule has 2 N–H and O–H groups in total. The van der Waals surface area contributed by atoms with Crippen LogP contribution in [0, 0.1) is 6.92 Å². The molecule has 0 spiro atoms. The Hall–Kier alpha value is -1.26. The Balaban J connectivity index is 1.86. The van der Waals surface area contributed by atoms with Gasteiger partial charge in [0.05, 0.1) is 0 Å². The smallest absolute Gasteiger partial charge is 0.407 e. The van der Waals surface area contributed by atoms with Crippen LogP contribution in [-0.4, -0.2) is 23.8 Å². The summed E-state index contributed by atoms with van der Waals surface area (Å²) < 4.78 is 5.34. The molecule has 0 aliphatic heterocycles. The van der Waals surface area contributed by atoms with Gasteiger partial charge in [0.1, 0.15) is 5.60 Å². The number of amides is 1. The zero-order valence-corrected chi connectivity index (χ0v) is 15.2. The Morgan fingerprint density at radius 2 is 2.00 bits per heavy atom. The number of halogens is 1. The Morgan fingerprint density at radius 3 is 2.65 bits per heavy atom. The highest BCUT2D eigenvalue weighted by molar-refractivity contribution is 6.31. The average Bonchev–Trinajstić information content (AvgIpc) is 2.85. The number of aryl methyl sites for hydroxylation is 1. The van der Waals surface area contributed by atoms with Gasteiger partial charge >= 0.3 is 6.09 Å². The summed E-state index contributed by atoms with van der Waals surface area (Å²) in [6, 6.07) is 6.49. The second kappa shape index (κ2) is 7.54. The van der Waals surface area contributed by atoms with E-state index in [1.165, 1.54) is 0 Å².